The monoisotopic (exact) mass is 295 g/mol. The third kappa shape index (κ3) is 3.91. The Bertz CT molecular complexity index is 546. The van der Waals surface area contributed by atoms with Crippen LogP contribution in [0.15, 0.2) is 24.3 Å². The van der Waals surface area contributed by atoms with E-state index in [2.05, 4.69) is 47.6 Å². The van der Waals surface area contributed by atoms with Crippen LogP contribution >= 0.6 is 23.1 Å². The summed E-state index contributed by atoms with van der Waals surface area (Å²) in [5.74, 6) is 1.43. The van der Waals surface area contributed by atoms with Gasteiger partial charge in [-0.05, 0) is 11.1 Å². The second-order valence-corrected chi connectivity index (χ2v) is 6.50. The molecule has 0 spiro atoms. The number of hydrogen-bond donors (Lipinski definition) is 1. The standard InChI is InChI=1S/C14H18ClN3S/c1-14(2,3)12-17-13(19-18-12)16-9-11-6-4-5-10(7-11)8-15/h4-7H,8-9H2,1-3H3,(H,16,17,18). The quantitative estimate of drug-likeness (QED) is 0.860. The Morgan fingerprint density at radius 3 is 2.63 bits per heavy atom. The van der Waals surface area contributed by atoms with Gasteiger partial charge in [-0.2, -0.15) is 4.37 Å². The van der Waals surface area contributed by atoms with Crippen LogP contribution in [0.2, 0.25) is 0 Å². The van der Waals surface area contributed by atoms with Crippen LogP contribution in [0.5, 0.6) is 0 Å². The van der Waals surface area contributed by atoms with Crippen molar-refractivity contribution in [3.63, 3.8) is 0 Å². The van der Waals surface area contributed by atoms with Gasteiger partial charge in [0.1, 0.15) is 5.82 Å². The van der Waals surface area contributed by atoms with Crippen molar-refractivity contribution in [3.05, 3.63) is 41.2 Å². The molecule has 102 valence electrons. The van der Waals surface area contributed by atoms with E-state index < -0.39 is 0 Å². The maximum atomic E-state index is 5.83. The van der Waals surface area contributed by atoms with Gasteiger partial charge in [-0.25, -0.2) is 4.98 Å². The molecule has 1 N–H and O–H groups in total. The third-order valence-electron chi connectivity index (χ3n) is 2.69. The fourth-order valence-electron chi connectivity index (χ4n) is 1.60. The van der Waals surface area contributed by atoms with E-state index in [1.54, 1.807) is 0 Å². The predicted molar refractivity (Wildman–Crippen MR) is 81.9 cm³/mol. The van der Waals surface area contributed by atoms with Crippen LogP contribution < -0.4 is 5.32 Å². The molecule has 0 bridgehead atoms. The molecular weight excluding hydrogens is 278 g/mol. The summed E-state index contributed by atoms with van der Waals surface area (Å²) < 4.78 is 4.38. The molecular formula is C14H18ClN3S. The van der Waals surface area contributed by atoms with E-state index in [1.807, 2.05) is 12.1 Å². The van der Waals surface area contributed by atoms with E-state index in [9.17, 15) is 0 Å². The van der Waals surface area contributed by atoms with Crippen LogP contribution in [0.4, 0.5) is 5.13 Å². The Kier molecular flexibility index (Phi) is 4.42. The van der Waals surface area contributed by atoms with Crippen molar-refractivity contribution in [1.29, 1.82) is 0 Å². The van der Waals surface area contributed by atoms with Gasteiger partial charge < -0.3 is 5.32 Å². The van der Waals surface area contributed by atoms with E-state index in [4.69, 9.17) is 11.6 Å². The zero-order valence-corrected chi connectivity index (χ0v) is 13.0. The Morgan fingerprint density at radius 1 is 1.26 bits per heavy atom. The van der Waals surface area contributed by atoms with Gasteiger partial charge in [-0.1, -0.05) is 45.0 Å². The summed E-state index contributed by atoms with van der Waals surface area (Å²) >= 11 is 7.24. The van der Waals surface area contributed by atoms with E-state index in [-0.39, 0.29) is 5.41 Å². The van der Waals surface area contributed by atoms with Crippen molar-refractivity contribution < 1.29 is 0 Å². The predicted octanol–water partition coefficient (Wildman–Crippen LogP) is 4.19. The van der Waals surface area contributed by atoms with E-state index in [1.165, 1.54) is 17.1 Å². The van der Waals surface area contributed by atoms with Gasteiger partial charge in [0.25, 0.3) is 0 Å². The minimum Gasteiger partial charge on any atom is -0.356 e. The number of rotatable bonds is 4. The molecule has 0 aliphatic rings. The molecule has 3 nitrogen and oxygen atoms in total. The lowest BCUT2D eigenvalue weighted by molar-refractivity contribution is 0.555. The first-order chi connectivity index (χ1) is 8.99. The zero-order chi connectivity index (χ0) is 13.9. The van der Waals surface area contributed by atoms with Gasteiger partial charge in [-0.3, -0.25) is 0 Å². The Morgan fingerprint density at radius 2 is 2.00 bits per heavy atom. The summed E-state index contributed by atoms with van der Waals surface area (Å²) in [5, 5.41) is 4.17. The highest BCUT2D eigenvalue weighted by molar-refractivity contribution is 7.09. The van der Waals surface area contributed by atoms with Crippen molar-refractivity contribution in [3.8, 4) is 0 Å². The molecule has 1 heterocycles. The topological polar surface area (TPSA) is 37.8 Å². The van der Waals surface area contributed by atoms with Gasteiger partial charge >= 0.3 is 0 Å². The summed E-state index contributed by atoms with van der Waals surface area (Å²) in [5.41, 5.74) is 2.33. The molecule has 5 heteroatoms. The lowest BCUT2D eigenvalue weighted by atomic mass is 9.96. The lowest BCUT2D eigenvalue weighted by Gasteiger charge is -2.12. The first kappa shape index (κ1) is 14.3. The number of nitrogens with zero attached hydrogens (tertiary/aromatic N) is 2. The second kappa shape index (κ2) is 5.88. The van der Waals surface area contributed by atoms with Crippen molar-refractivity contribution >= 4 is 28.3 Å². The first-order valence-electron chi connectivity index (χ1n) is 6.21. The first-order valence-corrected chi connectivity index (χ1v) is 7.51. The molecule has 0 aliphatic heterocycles. The van der Waals surface area contributed by atoms with Crippen LogP contribution in [0, 0.1) is 0 Å². The van der Waals surface area contributed by atoms with Gasteiger partial charge in [0, 0.05) is 29.4 Å². The Hall–Kier alpha value is -1.13. The third-order valence-corrected chi connectivity index (χ3v) is 3.67. The Balaban J connectivity index is 2.00. The largest absolute Gasteiger partial charge is 0.356 e. The highest BCUT2D eigenvalue weighted by Gasteiger charge is 2.19. The van der Waals surface area contributed by atoms with Gasteiger partial charge in [0.2, 0.25) is 5.13 Å². The summed E-state index contributed by atoms with van der Waals surface area (Å²) in [6.45, 7) is 7.08. The lowest BCUT2D eigenvalue weighted by Crippen LogP contribution is -2.13. The van der Waals surface area contributed by atoms with Gasteiger partial charge in [0.05, 0.1) is 0 Å². The molecule has 0 saturated carbocycles. The highest BCUT2D eigenvalue weighted by Crippen LogP contribution is 2.23. The van der Waals surface area contributed by atoms with Gasteiger partial charge in [0.15, 0.2) is 0 Å². The molecule has 0 atom stereocenters. The normalized spacial score (nSPS) is 11.6. The van der Waals surface area contributed by atoms with Crippen LogP contribution in [0.25, 0.3) is 0 Å². The maximum Gasteiger partial charge on any atom is 0.202 e. The van der Waals surface area contributed by atoms with Crippen molar-refractivity contribution in [2.45, 2.75) is 38.6 Å². The molecule has 1 aromatic heterocycles. The summed E-state index contributed by atoms with van der Waals surface area (Å²) in [4.78, 5) is 4.51. The number of nitrogens with one attached hydrogen (secondary N) is 1. The summed E-state index contributed by atoms with van der Waals surface area (Å²) in [6.07, 6.45) is 0. The highest BCUT2D eigenvalue weighted by atomic mass is 35.5. The maximum absolute atomic E-state index is 5.83. The minimum atomic E-state index is -0.00499. The molecule has 0 radical (unpaired) electrons. The SMILES string of the molecule is CC(C)(C)c1nsc(NCc2cccc(CCl)c2)n1. The summed E-state index contributed by atoms with van der Waals surface area (Å²) in [6, 6.07) is 8.23. The van der Waals surface area contributed by atoms with E-state index in [0.717, 1.165) is 23.1 Å². The van der Waals surface area contributed by atoms with E-state index >= 15 is 0 Å². The fraction of sp³-hybridized carbons (Fsp3) is 0.429. The molecule has 0 amide bonds. The number of aromatic nitrogens is 2. The number of anilines is 1. The Labute approximate surface area is 123 Å². The van der Waals surface area contributed by atoms with Gasteiger partial charge in [-0.15, -0.1) is 11.6 Å². The minimum absolute atomic E-state index is 0.00499. The molecule has 0 saturated heterocycles. The number of halogens is 1. The fourth-order valence-corrected chi connectivity index (χ4v) is 2.52. The zero-order valence-electron chi connectivity index (χ0n) is 11.4. The second-order valence-electron chi connectivity index (χ2n) is 5.48. The number of benzene rings is 1. The van der Waals surface area contributed by atoms with E-state index in [0.29, 0.717) is 5.88 Å². The van der Waals surface area contributed by atoms with Crippen LogP contribution in [-0.2, 0) is 17.8 Å². The smallest absolute Gasteiger partial charge is 0.202 e. The van der Waals surface area contributed by atoms with Crippen molar-refractivity contribution in [2.24, 2.45) is 0 Å². The van der Waals surface area contributed by atoms with Crippen molar-refractivity contribution in [1.82, 2.24) is 9.36 Å². The molecule has 0 fully saturated rings. The molecule has 1 aromatic carbocycles. The molecule has 2 rings (SSSR count). The van der Waals surface area contributed by atoms with Crippen LogP contribution in [0.1, 0.15) is 37.7 Å². The van der Waals surface area contributed by atoms with Crippen LogP contribution in [0.3, 0.4) is 0 Å². The van der Waals surface area contributed by atoms with Crippen molar-refractivity contribution in [2.75, 3.05) is 5.32 Å². The summed E-state index contributed by atoms with van der Waals surface area (Å²) in [7, 11) is 0. The molecule has 0 unspecified atom stereocenters. The molecule has 19 heavy (non-hydrogen) atoms. The number of alkyl halides is 1. The average molecular weight is 296 g/mol. The average Bonchev–Trinajstić information content (AvgIpc) is 2.85. The molecule has 0 aliphatic carbocycles. The number of hydrogen-bond acceptors (Lipinski definition) is 4. The molecule has 2 aromatic rings. The van der Waals surface area contributed by atoms with Crippen LogP contribution in [-0.4, -0.2) is 9.36 Å².